The van der Waals surface area contributed by atoms with Crippen molar-refractivity contribution in [2.45, 2.75) is 31.6 Å². The molecule has 4 heterocycles. The maximum atomic E-state index is 14.0. The van der Waals surface area contributed by atoms with E-state index >= 15 is 0 Å². The number of benzene rings is 1. The van der Waals surface area contributed by atoms with Crippen LogP contribution in [0.4, 0.5) is 8.78 Å². The molecule has 172 valence electrons. The fourth-order valence-electron chi connectivity index (χ4n) is 4.95. The molecule has 0 saturated carbocycles. The first-order chi connectivity index (χ1) is 16.0. The number of hydrogen-bond donors (Lipinski definition) is 0. The first-order valence-corrected chi connectivity index (χ1v) is 11.3. The number of hydrogen-bond acceptors (Lipinski definition) is 4. The van der Waals surface area contributed by atoms with Crippen LogP contribution >= 0.6 is 0 Å². The van der Waals surface area contributed by atoms with E-state index in [0.717, 1.165) is 36.4 Å². The molecule has 2 fully saturated rings. The van der Waals surface area contributed by atoms with Gasteiger partial charge in [-0.3, -0.25) is 14.0 Å². The minimum atomic E-state index is -0.862. The van der Waals surface area contributed by atoms with Gasteiger partial charge in [-0.25, -0.2) is 8.78 Å². The van der Waals surface area contributed by atoms with Gasteiger partial charge in [0.1, 0.15) is 17.5 Å². The normalized spacial score (nSPS) is 19.8. The zero-order chi connectivity index (χ0) is 22.9. The fourth-order valence-corrected chi connectivity index (χ4v) is 4.95. The number of aromatic nitrogens is 3. The van der Waals surface area contributed by atoms with Crippen molar-refractivity contribution in [3.8, 4) is 0 Å². The van der Waals surface area contributed by atoms with Gasteiger partial charge in [-0.15, -0.1) is 10.2 Å². The van der Waals surface area contributed by atoms with Gasteiger partial charge in [0.15, 0.2) is 5.65 Å². The molecule has 2 aliphatic rings. The molecule has 2 saturated heterocycles. The number of carbonyl (C=O) groups excluding carboxylic acids is 2. The van der Waals surface area contributed by atoms with Gasteiger partial charge < -0.3 is 9.80 Å². The number of rotatable bonds is 3. The largest absolute Gasteiger partial charge is 0.342 e. The minimum Gasteiger partial charge on any atom is -0.342 e. The van der Waals surface area contributed by atoms with Gasteiger partial charge in [-0.2, -0.15) is 0 Å². The standard InChI is InChI=1S/C24H25F2N5O2/c25-18-6-7-19(20(26)14-18)24(33)29-12-8-16(9-13-29)23(32)30-10-3-4-17(15-30)22-28-27-21-5-1-2-11-31(21)22/h1-2,5-7,11,14,16-17H,3-4,8-10,12-13,15H2/t17-/m1/s1. The Balaban J connectivity index is 1.21. The molecule has 0 spiro atoms. The molecule has 1 atom stereocenters. The van der Waals surface area contributed by atoms with Crippen LogP contribution in [0.3, 0.4) is 0 Å². The Morgan fingerprint density at radius 2 is 1.76 bits per heavy atom. The molecule has 0 bridgehead atoms. The second-order valence-electron chi connectivity index (χ2n) is 8.80. The van der Waals surface area contributed by atoms with E-state index in [1.165, 1.54) is 6.07 Å². The highest BCUT2D eigenvalue weighted by molar-refractivity contribution is 5.94. The van der Waals surface area contributed by atoms with Crippen molar-refractivity contribution < 1.29 is 18.4 Å². The summed E-state index contributed by atoms with van der Waals surface area (Å²) < 4.78 is 29.1. The number of likely N-dealkylation sites (tertiary alicyclic amines) is 2. The summed E-state index contributed by atoms with van der Waals surface area (Å²) in [7, 11) is 0. The molecular weight excluding hydrogens is 428 g/mol. The number of fused-ring (bicyclic) bond motifs is 1. The average Bonchev–Trinajstić information content (AvgIpc) is 3.28. The predicted molar refractivity (Wildman–Crippen MR) is 117 cm³/mol. The summed E-state index contributed by atoms with van der Waals surface area (Å²) in [4.78, 5) is 29.4. The molecule has 2 amide bonds. The molecule has 9 heteroatoms. The SMILES string of the molecule is O=C(c1ccc(F)cc1F)N1CCC(C(=O)N2CCC[C@@H](c3nnc4ccccn34)C2)CC1. The number of amides is 2. The molecule has 2 aromatic heterocycles. The number of nitrogens with zero attached hydrogens (tertiary/aromatic N) is 5. The molecule has 0 N–H and O–H groups in total. The minimum absolute atomic E-state index is 0.105. The van der Waals surface area contributed by atoms with Crippen molar-refractivity contribution in [3.63, 3.8) is 0 Å². The number of halogens is 2. The van der Waals surface area contributed by atoms with Crippen LogP contribution in [0.5, 0.6) is 0 Å². The lowest BCUT2D eigenvalue weighted by Gasteiger charge is -2.37. The van der Waals surface area contributed by atoms with Crippen LogP contribution in [0.2, 0.25) is 0 Å². The van der Waals surface area contributed by atoms with Crippen molar-refractivity contribution >= 4 is 17.5 Å². The van der Waals surface area contributed by atoms with Gasteiger partial charge in [0.05, 0.1) is 5.56 Å². The summed E-state index contributed by atoms with van der Waals surface area (Å²) in [6, 6.07) is 8.75. The van der Waals surface area contributed by atoms with Crippen molar-refractivity contribution in [1.82, 2.24) is 24.4 Å². The number of carbonyl (C=O) groups is 2. The van der Waals surface area contributed by atoms with E-state index in [4.69, 9.17) is 0 Å². The summed E-state index contributed by atoms with van der Waals surface area (Å²) >= 11 is 0. The Kier molecular flexibility index (Phi) is 5.78. The van der Waals surface area contributed by atoms with Crippen LogP contribution in [0, 0.1) is 17.6 Å². The van der Waals surface area contributed by atoms with Crippen molar-refractivity contribution in [1.29, 1.82) is 0 Å². The quantitative estimate of drug-likeness (QED) is 0.610. The lowest BCUT2D eigenvalue weighted by Crippen LogP contribution is -2.47. The van der Waals surface area contributed by atoms with Crippen LogP contribution in [-0.2, 0) is 4.79 Å². The van der Waals surface area contributed by atoms with E-state index in [9.17, 15) is 18.4 Å². The highest BCUT2D eigenvalue weighted by Crippen LogP contribution is 2.29. The highest BCUT2D eigenvalue weighted by Gasteiger charge is 2.34. The molecule has 2 aliphatic heterocycles. The maximum Gasteiger partial charge on any atom is 0.256 e. The third kappa shape index (κ3) is 4.19. The molecule has 1 aromatic carbocycles. The number of pyridine rings is 1. The Bertz CT molecular complexity index is 1190. The van der Waals surface area contributed by atoms with Crippen LogP contribution < -0.4 is 0 Å². The van der Waals surface area contributed by atoms with E-state index in [1.54, 1.807) is 4.90 Å². The molecule has 0 aliphatic carbocycles. The monoisotopic (exact) mass is 453 g/mol. The van der Waals surface area contributed by atoms with Crippen molar-refractivity contribution in [2.24, 2.45) is 5.92 Å². The van der Waals surface area contributed by atoms with Gasteiger partial charge in [-0.05, 0) is 49.9 Å². The van der Waals surface area contributed by atoms with Crippen LogP contribution in [0.15, 0.2) is 42.6 Å². The third-order valence-electron chi connectivity index (χ3n) is 6.73. The third-order valence-corrected chi connectivity index (χ3v) is 6.73. The first-order valence-electron chi connectivity index (χ1n) is 11.3. The van der Waals surface area contributed by atoms with Crippen LogP contribution in [0.25, 0.3) is 5.65 Å². The summed E-state index contributed by atoms with van der Waals surface area (Å²) in [6.07, 6.45) is 4.86. The van der Waals surface area contributed by atoms with E-state index in [2.05, 4.69) is 10.2 Å². The molecular formula is C24H25F2N5O2. The first kappa shape index (κ1) is 21.5. The van der Waals surface area contributed by atoms with Crippen LogP contribution in [0.1, 0.15) is 47.8 Å². The summed E-state index contributed by atoms with van der Waals surface area (Å²) in [5.74, 6) is -1.09. The second-order valence-corrected chi connectivity index (χ2v) is 8.80. The van der Waals surface area contributed by atoms with Gasteiger partial charge >= 0.3 is 0 Å². The summed E-state index contributed by atoms with van der Waals surface area (Å²) in [6.45, 7) is 2.07. The fraction of sp³-hybridized carbons (Fsp3) is 0.417. The Hall–Kier alpha value is -3.36. The van der Waals surface area contributed by atoms with Crippen LogP contribution in [-0.4, -0.2) is 62.4 Å². The summed E-state index contributed by atoms with van der Waals surface area (Å²) in [5, 5.41) is 8.61. The lowest BCUT2D eigenvalue weighted by atomic mass is 9.91. The average molecular weight is 453 g/mol. The van der Waals surface area contributed by atoms with Gasteiger partial charge in [-0.1, -0.05) is 6.07 Å². The smallest absolute Gasteiger partial charge is 0.256 e. The van der Waals surface area contributed by atoms with Gasteiger partial charge in [0.25, 0.3) is 5.91 Å². The van der Waals surface area contributed by atoms with Crippen molar-refractivity contribution in [2.75, 3.05) is 26.2 Å². The summed E-state index contributed by atoms with van der Waals surface area (Å²) in [5.41, 5.74) is 0.658. The van der Waals surface area contributed by atoms with E-state index in [0.29, 0.717) is 39.0 Å². The van der Waals surface area contributed by atoms with Crippen molar-refractivity contribution in [3.05, 3.63) is 65.6 Å². The predicted octanol–water partition coefficient (Wildman–Crippen LogP) is 3.27. The molecule has 0 unspecified atom stereocenters. The van der Waals surface area contributed by atoms with E-state index in [-0.39, 0.29) is 23.3 Å². The Morgan fingerprint density at radius 3 is 2.55 bits per heavy atom. The highest BCUT2D eigenvalue weighted by atomic mass is 19.1. The zero-order valence-electron chi connectivity index (χ0n) is 18.2. The lowest BCUT2D eigenvalue weighted by molar-refractivity contribution is -0.138. The van der Waals surface area contributed by atoms with E-state index < -0.39 is 17.5 Å². The topological polar surface area (TPSA) is 70.8 Å². The van der Waals surface area contributed by atoms with E-state index in [1.807, 2.05) is 33.7 Å². The maximum absolute atomic E-state index is 14.0. The molecule has 33 heavy (non-hydrogen) atoms. The molecule has 3 aromatic rings. The Morgan fingerprint density at radius 1 is 0.939 bits per heavy atom. The zero-order valence-corrected chi connectivity index (χ0v) is 18.2. The molecule has 7 nitrogen and oxygen atoms in total. The second kappa shape index (κ2) is 8.88. The molecule has 5 rings (SSSR count). The Labute approximate surface area is 190 Å². The molecule has 0 radical (unpaired) electrons. The van der Waals surface area contributed by atoms with Gasteiger partial charge in [0.2, 0.25) is 5.91 Å². The van der Waals surface area contributed by atoms with Gasteiger partial charge in [0, 0.05) is 50.3 Å². The number of piperidine rings is 2.